The number of carbonyl (C=O) groups is 4. The molecule has 0 aromatic rings. The van der Waals surface area contributed by atoms with E-state index in [9.17, 15) is 19.2 Å². The second kappa shape index (κ2) is 7.51. The Labute approximate surface area is 131 Å². The maximum Gasteiger partial charge on any atom is 0.232 e. The van der Waals surface area contributed by atoms with Crippen LogP contribution in [0.4, 0.5) is 0 Å². The summed E-state index contributed by atoms with van der Waals surface area (Å²) in [5.74, 6) is -2.05. The van der Waals surface area contributed by atoms with Gasteiger partial charge in [0, 0.05) is 14.1 Å². The highest BCUT2D eigenvalue weighted by atomic mass is 16.2. The predicted octanol–water partition coefficient (Wildman–Crippen LogP) is 1.08. The average Bonchev–Trinajstić information content (AvgIpc) is 2.46. The van der Waals surface area contributed by atoms with Gasteiger partial charge in [-0.05, 0) is 26.7 Å². The summed E-state index contributed by atoms with van der Waals surface area (Å²) in [6, 6.07) is 0. The van der Waals surface area contributed by atoms with Crippen molar-refractivity contribution in [3.63, 3.8) is 0 Å². The van der Waals surface area contributed by atoms with Crippen molar-refractivity contribution in [3.05, 3.63) is 0 Å². The Morgan fingerprint density at radius 2 is 1.64 bits per heavy atom. The molecule has 0 saturated heterocycles. The molecule has 1 fully saturated rings. The van der Waals surface area contributed by atoms with Crippen LogP contribution in [-0.4, -0.2) is 47.9 Å². The van der Waals surface area contributed by atoms with Crippen LogP contribution in [0.15, 0.2) is 0 Å². The Bertz CT molecular complexity index is 467. The van der Waals surface area contributed by atoms with Gasteiger partial charge in [0.2, 0.25) is 11.8 Å². The highest BCUT2D eigenvalue weighted by Gasteiger charge is 2.50. The van der Waals surface area contributed by atoms with E-state index in [1.165, 1.54) is 25.8 Å². The van der Waals surface area contributed by atoms with Crippen LogP contribution in [-0.2, 0) is 19.2 Å². The number of carbonyl (C=O) groups excluding carboxylic acids is 4. The second-order valence-electron chi connectivity index (χ2n) is 6.15. The van der Waals surface area contributed by atoms with E-state index in [4.69, 9.17) is 0 Å². The van der Waals surface area contributed by atoms with Gasteiger partial charge in [0.1, 0.15) is 17.5 Å². The van der Waals surface area contributed by atoms with Crippen LogP contribution in [0.5, 0.6) is 0 Å². The molecule has 1 unspecified atom stereocenters. The van der Waals surface area contributed by atoms with Crippen molar-refractivity contribution in [1.82, 2.24) is 10.2 Å². The Hall–Kier alpha value is -1.72. The quantitative estimate of drug-likeness (QED) is 0.744. The lowest BCUT2D eigenvalue weighted by atomic mass is 9.69. The van der Waals surface area contributed by atoms with Crippen LogP contribution in [0, 0.1) is 5.92 Å². The summed E-state index contributed by atoms with van der Waals surface area (Å²) in [6.07, 6.45) is 3.75. The highest BCUT2D eigenvalue weighted by Crippen LogP contribution is 2.40. The molecule has 22 heavy (non-hydrogen) atoms. The number of ketones is 2. The van der Waals surface area contributed by atoms with Gasteiger partial charge < -0.3 is 10.2 Å². The first kappa shape index (κ1) is 18.3. The molecule has 0 spiro atoms. The van der Waals surface area contributed by atoms with E-state index in [2.05, 4.69) is 5.32 Å². The third-order valence-corrected chi connectivity index (χ3v) is 4.61. The van der Waals surface area contributed by atoms with Crippen LogP contribution in [0.25, 0.3) is 0 Å². The van der Waals surface area contributed by atoms with Crippen molar-refractivity contribution >= 4 is 23.4 Å². The van der Waals surface area contributed by atoms with E-state index >= 15 is 0 Å². The van der Waals surface area contributed by atoms with E-state index in [0.29, 0.717) is 12.8 Å². The molecule has 6 heteroatoms. The minimum Gasteiger partial charge on any atom is -0.358 e. The number of hydrogen-bond acceptors (Lipinski definition) is 4. The summed E-state index contributed by atoms with van der Waals surface area (Å²) in [6.45, 7) is 2.75. The molecule has 1 saturated carbocycles. The predicted molar refractivity (Wildman–Crippen MR) is 82.1 cm³/mol. The molecule has 0 heterocycles. The first-order chi connectivity index (χ1) is 10.3. The van der Waals surface area contributed by atoms with Crippen LogP contribution < -0.4 is 5.32 Å². The fourth-order valence-corrected chi connectivity index (χ4v) is 3.51. The lowest BCUT2D eigenvalue weighted by Crippen LogP contribution is -2.61. The van der Waals surface area contributed by atoms with Crippen LogP contribution >= 0.6 is 0 Å². The van der Waals surface area contributed by atoms with Crippen LogP contribution in [0.1, 0.15) is 52.4 Å². The number of hydrogen-bond donors (Lipinski definition) is 1. The Kier molecular flexibility index (Phi) is 6.26. The van der Waals surface area contributed by atoms with Gasteiger partial charge in [-0.15, -0.1) is 0 Å². The summed E-state index contributed by atoms with van der Waals surface area (Å²) < 4.78 is 0. The van der Waals surface area contributed by atoms with E-state index in [-0.39, 0.29) is 29.8 Å². The molecule has 0 aromatic carbocycles. The van der Waals surface area contributed by atoms with Crippen molar-refractivity contribution in [2.45, 2.75) is 57.9 Å². The zero-order chi connectivity index (χ0) is 16.9. The fourth-order valence-electron chi connectivity index (χ4n) is 3.51. The standard InChI is InChI=1S/C16H26N2O4/c1-11(19)10-13(21)18(4)16(8-6-5-7-9-16)14(12(2)20)15(22)17-3/h14H,5-10H2,1-4H3,(H,17,22). The van der Waals surface area contributed by atoms with Crippen molar-refractivity contribution in [2.75, 3.05) is 14.1 Å². The van der Waals surface area contributed by atoms with Gasteiger partial charge in [-0.2, -0.15) is 0 Å². The van der Waals surface area contributed by atoms with Crippen LogP contribution in [0.3, 0.4) is 0 Å². The van der Waals surface area contributed by atoms with Gasteiger partial charge in [-0.25, -0.2) is 0 Å². The molecule has 1 atom stereocenters. The lowest BCUT2D eigenvalue weighted by Gasteiger charge is -2.48. The average molecular weight is 310 g/mol. The largest absolute Gasteiger partial charge is 0.358 e. The van der Waals surface area contributed by atoms with Gasteiger partial charge in [0.25, 0.3) is 0 Å². The zero-order valence-electron chi connectivity index (χ0n) is 13.9. The van der Waals surface area contributed by atoms with Gasteiger partial charge in [-0.1, -0.05) is 19.3 Å². The van der Waals surface area contributed by atoms with Crippen LogP contribution in [0.2, 0.25) is 0 Å². The maximum atomic E-state index is 12.4. The molecular weight excluding hydrogens is 284 g/mol. The topological polar surface area (TPSA) is 83.6 Å². The number of Topliss-reactive ketones (excluding diaryl/α,β-unsaturated/α-hetero) is 2. The molecular formula is C16H26N2O4. The fraction of sp³-hybridized carbons (Fsp3) is 0.750. The zero-order valence-corrected chi connectivity index (χ0v) is 13.9. The molecule has 1 rings (SSSR count). The van der Waals surface area contributed by atoms with E-state index < -0.39 is 11.5 Å². The minimum atomic E-state index is -0.890. The number of nitrogens with one attached hydrogen (secondary N) is 1. The van der Waals surface area contributed by atoms with Crippen molar-refractivity contribution < 1.29 is 19.2 Å². The van der Waals surface area contributed by atoms with Crippen molar-refractivity contribution in [3.8, 4) is 0 Å². The summed E-state index contributed by atoms with van der Waals surface area (Å²) in [4.78, 5) is 49.5. The molecule has 0 bridgehead atoms. The molecule has 1 N–H and O–H groups in total. The first-order valence-electron chi connectivity index (χ1n) is 7.74. The summed E-state index contributed by atoms with van der Waals surface area (Å²) in [5.41, 5.74) is -0.823. The monoisotopic (exact) mass is 310 g/mol. The normalized spacial score (nSPS) is 18.2. The molecule has 124 valence electrons. The van der Waals surface area contributed by atoms with Gasteiger partial charge in [0.15, 0.2) is 0 Å². The van der Waals surface area contributed by atoms with Gasteiger partial charge in [0.05, 0.1) is 12.0 Å². The van der Waals surface area contributed by atoms with E-state index in [0.717, 1.165) is 19.3 Å². The van der Waals surface area contributed by atoms with Crippen molar-refractivity contribution in [2.24, 2.45) is 5.92 Å². The third kappa shape index (κ3) is 3.72. The molecule has 2 amide bonds. The molecule has 1 aliphatic carbocycles. The van der Waals surface area contributed by atoms with Gasteiger partial charge in [-0.3, -0.25) is 19.2 Å². The number of rotatable bonds is 6. The molecule has 0 aliphatic heterocycles. The summed E-state index contributed by atoms with van der Waals surface area (Å²) >= 11 is 0. The van der Waals surface area contributed by atoms with Gasteiger partial charge >= 0.3 is 0 Å². The molecule has 0 aromatic heterocycles. The summed E-state index contributed by atoms with van der Waals surface area (Å²) in [5, 5.41) is 2.54. The van der Waals surface area contributed by atoms with Crippen molar-refractivity contribution in [1.29, 1.82) is 0 Å². The second-order valence-corrected chi connectivity index (χ2v) is 6.15. The lowest BCUT2D eigenvalue weighted by molar-refractivity contribution is -0.149. The van der Waals surface area contributed by atoms with E-state index in [1.54, 1.807) is 7.05 Å². The molecule has 6 nitrogen and oxygen atoms in total. The highest BCUT2D eigenvalue weighted by molar-refractivity contribution is 6.03. The Balaban J connectivity index is 3.23. The maximum absolute atomic E-state index is 12.4. The number of amides is 2. The first-order valence-corrected chi connectivity index (χ1v) is 7.74. The molecule has 0 radical (unpaired) electrons. The Morgan fingerprint density at radius 3 is 2.05 bits per heavy atom. The van der Waals surface area contributed by atoms with E-state index in [1.807, 2.05) is 0 Å². The number of nitrogens with zero attached hydrogens (tertiary/aromatic N) is 1. The third-order valence-electron chi connectivity index (χ3n) is 4.61. The minimum absolute atomic E-state index is 0.198. The smallest absolute Gasteiger partial charge is 0.232 e. The SMILES string of the molecule is CNC(=O)C(C(C)=O)C1(N(C)C(=O)CC(C)=O)CCCCC1. The molecule has 1 aliphatic rings. The summed E-state index contributed by atoms with van der Waals surface area (Å²) in [7, 11) is 3.10. The Morgan fingerprint density at radius 1 is 1.09 bits per heavy atom.